The molecule has 1 heterocycles. The topological polar surface area (TPSA) is 68.3 Å². The maximum Gasteiger partial charge on any atom is 0.260 e. The Morgan fingerprint density at radius 3 is 2.82 bits per heavy atom. The van der Waals surface area contributed by atoms with Gasteiger partial charge in [-0.3, -0.25) is 4.79 Å². The molecule has 0 aliphatic carbocycles. The molecule has 6 heteroatoms. The summed E-state index contributed by atoms with van der Waals surface area (Å²) in [5, 5.41) is 3.16. The summed E-state index contributed by atoms with van der Waals surface area (Å²) in [7, 11) is 0. The standard InChI is InChI=1S/C11H8BrClN2O2/c12-10-7(3-4-17-10)11(16)15-9-5-6(13)1-2-8(9)14/h1-5H,14H2,(H,15,16). The minimum Gasteiger partial charge on any atom is -0.457 e. The van der Waals surface area contributed by atoms with Gasteiger partial charge in [0.1, 0.15) is 0 Å². The van der Waals surface area contributed by atoms with Gasteiger partial charge in [-0.2, -0.15) is 0 Å². The van der Waals surface area contributed by atoms with Crippen molar-refractivity contribution >= 4 is 44.8 Å². The molecule has 1 aromatic heterocycles. The Balaban J connectivity index is 2.24. The quantitative estimate of drug-likeness (QED) is 0.833. The summed E-state index contributed by atoms with van der Waals surface area (Å²) in [4.78, 5) is 11.9. The van der Waals surface area contributed by atoms with Gasteiger partial charge >= 0.3 is 0 Å². The van der Waals surface area contributed by atoms with Crippen LogP contribution >= 0.6 is 27.5 Å². The van der Waals surface area contributed by atoms with Gasteiger partial charge in [-0.25, -0.2) is 0 Å². The highest BCUT2D eigenvalue weighted by molar-refractivity contribution is 9.10. The molecule has 17 heavy (non-hydrogen) atoms. The van der Waals surface area contributed by atoms with Crippen LogP contribution in [0.4, 0.5) is 11.4 Å². The van der Waals surface area contributed by atoms with Crippen LogP contribution in [-0.4, -0.2) is 5.91 Å². The monoisotopic (exact) mass is 314 g/mol. The van der Waals surface area contributed by atoms with Crippen molar-refractivity contribution in [3.8, 4) is 0 Å². The summed E-state index contributed by atoms with van der Waals surface area (Å²) in [5.41, 5.74) is 7.03. The van der Waals surface area contributed by atoms with E-state index in [-0.39, 0.29) is 5.91 Å². The highest BCUT2D eigenvalue weighted by Crippen LogP contribution is 2.25. The molecule has 1 aromatic carbocycles. The van der Waals surface area contributed by atoms with Crippen LogP contribution in [0.1, 0.15) is 10.4 Å². The lowest BCUT2D eigenvalue weighted by molar-refractivity contribution is 0.102. The Hall–Kier alpha value is -1.46. The van der Waals surface area contributed by atoms with Crippen LogP contribution in [0, 0.1) is 0 Å². The predicted octanol–water partition coefficient (Wildman–Crippen LogP) is 3.53. The first kappa shape index (κ1) is 12.0. The zero-order valence-corrected chi connectivity index (χ0v) is 10.9. The van der Waals surface area contributed by atoms with Gasteiger partial charge in [0.05, 0.1) is 23.2 Å². The molecular formula is C11H8BrClN2O2. The summed E-state index contributed by atoms with van der Waals surface area (Å²) < 4.78 is 5.35. The molecule has 0 fully saturated rings. The molecule has 88 valence electrons. The molecule has 1 amide bonds. The molecule has 3 N–H and O–H groups in total. The minimum atomic E-state index is -0.320. The number of anilines is 2. The summed E-state index contributed by atoms with van der Waals surface area (Å²) in [6.07, 6.45) is 1.42. The normalized spacial score (nSPS) is 10.2. The second kappa shape index (κ2) is 4.81. The number of hydrogen-bond donors (Lipinski definition) is 2. The number of nitrogen functional groups attached to an aromatic ring is 1. The first-order valence-electron chi connectivity index (χ1n) is 4.67. The summed E-state index contributed by atoms with van der Waals surface area (Å²) in [5.74, 6) is -0.320. The SMILES string of the molecule is Nc1ccc(Cl)cc1NC(=O)c1ccoc1Br. The van der Waals surface area contributed by atoms with Crippen LogP contribution in [0.5, 0.6) is 0 Å². The molecule has 2 aromatic rings. The van der Waals surface area contributed by atoms with Gasteiger partial charge < -0.3 is 15.5 Å². The first-order chi connectivity index (χ1) is 8.08. The van der Waals surface area contributed by atoms with Crippen molar-refractivity contribution in [1.82, 2.24) is 0 Å². The fourth-order valence-corrected chi connectivity index (χ4v) is 1.87. The molecule has 0 saturated heterocycles. The van der Waals surface area contributed by atoms with Gasteiger partial charge in [0, 0.05) is 5.02 Å². The lowest BCUT2D eigenvalue weighted by Crippen LogP contribution is -2.12. The third-order valence-electron chi connectivity index (χ3n) is 2.13. The van der Waals surface area contributed by atoms with E-state index in [2.05, 4.69) is 21.2 Å². The van der Waals surface area contributed by atoms with E-state index >= 15 is 0 Å². The van der Waals surface area contributed by atoms with Crippen molar-refractivity contribution in [3.63, 3.8) is 0 Å². The maximum atomic E-state index is 11.9. The number of hydrogen-bond acceptors (Lipinski definition) is 3. The molecule has 0 bridgehead atoms. The minimum absolute atomic E-state index is 0.320. The molecular weight excluding hydrogens is 307 g/mol. The van der Waals surface area contributed by atoms with Crippen molar-refractivity contribution < 1.29 is 9.21 Å². The average Bonchev–Trinajstić information content (AvgIpc) is 2.70. The predicted molar refractivity (Wildman–Crippen MR) is 70.2 cm³/mol. The smallest absolute Gasteiger partial charge is 0.260 e. The lowest BCUT2D eigenvalue weighted by atomic mass is 10.2. The first-order valence-corrected chi connectivity index (χ1v) is 5.84. The number of nitrogens with one attached hydrogen (secondary N) is 1. The Morgan fingerprint density at radius 2 is 2.18 bits per heavy atom. The van der Waals surface area contributed by atoms with Crippen LogP contribution in [0.25, 0.3) is 0 Å². The molecule has 0 radical (unpaired) electrons. The molecule has 2 rings (SSSR count). The average molecular weight is 316 g/mol. The fourth-order valence-electron chi connectivity index (χ4n) is 1.28. The highest BCUT2D eigenvalue weighted by Gasteiger charge is 2.13. The van der Waals surface area contributed by atoms with Gasteiger partial charge in [-0.1, -0.05) is 11.6 Å². The van der Waals surface area contributed by atoms with Crippen molar-refractivity contribution in [2.45, 2.75) is 0 Å². The molecule has 0 atom stereocenters. The van der Waals surface area contributed by atoms with Crippen molar-refractivity contribution in [1.29, 1.82) is 0 Å². The van der Waals surface area contributed by atoms with Crippen LogP contribution in [0.3, 0.4) is 0 Å². The van der Waals surface area contributed by atoms with Crippen LogP contribution in [-0.2, 0) is 0 Å². The van der Waals surface area contributed by atoms with Gasteiger partial charge in [-0.15, -0.1) is 0 Å². The van der Waals surface area contributed by atoms with Crippen LogP contribution in [0.15, 0.2) is 39.6 Å². The number of amides is 1. The largest absolute Gasteiger partial charge is 0.457 e. The Labute approximate surface area is 111 Å². The van der Waals surface area contributed by atoms with Crippen LogP contribution < -0.4 is 11.1 Å². The molecule has 0 unspecified atom stereocenters. The van der Waals surface area contributed by atoms with E-state index in [4.69, 9.17) is 21.8 Å². The molecule has 0 aliphatic rings. The number of carbonyl (C=O) groups is 1. The van der Waals surface area contributed by atoms with Crippen LogP contribution in [0.2, 0.25) is 5.02 Å². The zero-order chi connectivity index (χ0) is 12.4. The number of halogens is 2. The summed E-state index contributed by atoms with van der Waals surface area (Å²) in [6.45, 7) is 0. The van der Waals surface area contributed by atoms with Gasteiger partial charge in [-0.05, 0) is 40.2 Å². The van der Waals surface area contributed by atoms with Gasteiger partial charge in [0.2, 0.25) is 0 Å². The Bertz CT molecular complexity index is 568. The van der Waals surface area contributed by atoms with Crippen molar-refractivity contribution in [3.05, 3.63) is 45.8 Å². The number of furan rings is 1. The molecule has 0 saturated carbocycles. The number of carbonyl (C=O) groups excluding carboxylic acids is 1. The van der Waals surface area contributed by atoms with Crippen molar-refractivity contribution in [2.75, 3.05) is 11.1 Å². The Morgan fingerprint density at radius 1 is 1.41 bits per heavy atom. The molecule has 0 spiro atoms. The van der Waals surface area contributed by atoms with Gasteiger partial charge in [0.15, 0.2) is 4.67 Å². The lowest BCUT2D eigenvalue weighted by Gasteiger charge is -2.07. The van der Waals surface area contributed by atoms with E-state index in [1.54, 1.807) is 24.3 Å². The summed E-state index contributed by atoms with van der Waals surface area (Å²) >= 11 is 8.95. The van der Waals surface area contributed by atoms with E-state index in [1.165, 1.54) is 6.26 Å². The van der Waals surface area contributed by atoms with E-state index < -0.39 is 0 Å². The third-order valence-corrected chi connectivity index (χ3v) is 2.98. The molecule has 4 nitrogen and oxygen atoms in total. The zero-order valence-electron chi connectivity index (χ0n) is 8.54. The highest BCUT2D eigenvalue weighted by atomic mass is 79.9. The van der Waals surface area contributed by atoms with E-state index in [0.717, 1.165) is 0 Å². The van der Waals surface area contributed by atoms with Gasteiger partial charge in [0.25, 0.3) is 5.91 Å². The van der Waals surface area contributed by atoms with E-state index in [9.17, 15) is 4.79 Å². The fraction of sp³-hybridized carbons (Fsp3) is 0. The number of nitrogens with two attached hydrogens (primary N) is 1. The second-order valence-electron chi connectivity index (χ2n) is 3.29. The van der Waals surface area contributed by atoms with E-state index in [0.29, 0.717) is 26.6 Å². The Kier molecular flexibility index (Phi) is 3.40. The second-order valence-corrected chi connectivity index (χ2v) is 4.45. The molecule has 0 aliphatic heterocycles. The summed E-state index contributed by atoms with van der Waals surface area (Å²) in [6, 6.07) is 6.42. The number of rotatable bonds is 2. The maximum absolute atomic E-state index is 11.9. The number of benzene rings is 1. The third kappa shape index (κ3) is 2.62. The van der Waals surface area contributed by atoms with Crippen molar-refractivity contribution in [2.24, 2.45) is 0 Å². The van der Waals surface area contributed by atoms with E-state index in [1.807, 2.05) is 0 Å².